The third-order valence-electron chi connectivity index (χ3n) is 8.59. The van der Waals surface area contributed by atoms with Crippen molar-refractivity contribution >= 4 is 5.78 Å². The van der Waals surface area contributed by atoms with E-state index < -0.39 is 37.3 Å². The largest absolute Gasteiger partial charge is 0.394 e. The van der Waals surface area contributed by atoms with Crippen molar-refractivity contribution in [2.45, 2.75) is 198 Å². The number of Topliss-reactive ketones (excluding diaryl/α,β-unsaturated/α-hetero) is 1. The van der Waals surface area contributed by atoms with Crippen LogP contribution in [0.4, 0.5) is 0 Å². The molecular weight excluding hydrogens is 536 g/mol. The van der Waals surface area contributed by atoms with E-state index in [4.69, 9.17) is 9.47 Å². The number of ketones is 1. The highest BCUT2D eigenvalue weighted by Gasteiger charge is 2.43. The monoisotopic (exact) mass is 602 g/mol. The Morgan fingerprint density at radius 2 is 1.02 bits per heavy atom. The van der Waals surface area contributed by atoms with Crippen LogP contribution in [-0.2, 0) is 14.3 Å². The van der Waals surface area contributed by atoms with Gasteiger partial charge in [0.1, 0.15) is 30.2 Å². The Bertz CT molecular complexity index is 614. The summed E-state index contributed by atoms with van der Waals surface area (Å²) >= 11 is 0. The molecule has 0 unspecified atom stereocenters. The number of ether oxygens (including phenoxy) is 2. The molecule has 1 aliphatic heterocycles. The number of aliphatic hydroxyl groups excluding tert-OH is 5. The summed E-state index contributed by atoms with van der Waals surface area (Å²) in [5.74, 6) is 0.103. The lowest BCUT2D eigenvalue weighted by Crippen LogP contribution is -2.59. The first-order valence-corrected chi connectivity index (χ1v) is 17.5. The maximum atomic E-state index is 12.1. The Morgan fingerprint density at radius 3 is 1.43 bits per heavy atom. The molecule has 0 aromatic rings. The number of unbranched alkanes of at least 4 members (excludes halogenated alkanes) is 20. The van der Waals surface area contributed by atoms with Gasteiger partial charge in [-0.3, -0.25) is 4.79 Å². The van der Waals surface area contributed by atoms with E-state index >= 15 is 0 Å². The van der Waals surface area contributed by atoms with Gasteiger partial charge in [-0.1, -0.05) is 128 Å². The molecule has 0 radical (unpaired) electrons. The van der Waals surface area contributed by atoms with Crippen LogP contribution in [-0.4, -0.2) is 81.3 Å². The molecule has 42 heavy (non-hydrogen) atoms. The molecule has 0 bridgehead atoms. The predicted octanol–water partition coefficient (Wildman–Crippen LogP) is 6.12. The van der Waals surface area contributed by atoms with Crippen LogP contribution in [0.2, 0.25) is 0 Å². The summed E-state index contributed by atoms with van der Waals surface area (Å²) in [7, 11) is 0. The zero-order valence-electron chi connectivity index (χ0n) is 26.8. The minimum Gasteiger partial charge on any atom is -0.394 e. The smallest absolute Gasteiger partial charge is 0.186 e. The molecule has 0 amide bonds. The van der Waals surface area contributed by atoms with Gasteiger partial charge in [0.25, 0.3) is 0 Å². The second-order valence-corrected chi connectivity index (χ2v) is 12.7. The minimum absolute atomic E-state index is 0.0648. The van der Waals surface area contributed by atoms with E-state index in [-0.39, 0.29) is 24.9 Å². The van der Waals surface area contributed by atoms with Crippen LogP contribution in [0.1, 0.15) is 161 Å². The van der Waals surface area contributed by atoms with Crippen molar-refractivity contribution in [2.75, 3.05) is 13.2 Å². The Balaban J connectivity index is 1.78. The van der Waals surface area contributed by atoms with Gasteiger partial charge in [-0.25, -0.2) is 0 Å². The van der Waals surface area contributed by atoms with E-state index in [1.54, 1.807) is 0 Å². The van der Waals surface area contributed by atoms with Crippen molar-refractivity contribution in [3.05, 3.63) is 0 Å². The van der Waals surface area contributed by atoms with Gasteiger partial charge in [0, 0.05) is 12.8 Å². The molecule has 0 aromatic carbocycles. The summed E-state index contributed by atoms with van der Waals surface area (Å²) < 4.78 is 10.7. The van der Waals surface area contributed by atoms with E-state index in [2.05, 4.69) is 0 Å². The van der Waals surface area contributed by atoms with Crippen LogP contribution >= 0.6 is 0 Å². The van der Waals surface area contributed by atoms with Crippen LogP contribution in [0.3, 0.4) is 0 Å². The minimum atomic E-state index is -1.47. The van der Waals surface area contributed by atoms with Crippen LogP contribution in [0.25, 0.3) is 0 Å². The third-order valence-corrected chi connectivity index (χ3v) is 8.59. The topological polar surface area (TPSA) is 137 Å². The van der Waals surface area contributed by atoms with Crippen LogP contribution < -0.4 is 0 Å². The van der Waals surface area contributed by atoms with E-state index in [9.17, 15) is 30.3 Å². The summed E-state index contributed by atoms with van der Waals surface area (Å²) in [6.07, 6.45) is 22.3. The van der Waals surface area contributed by atoms with E-state index in [1.165, 1.54) is 122 Å². The van der Waals surface area contributed by atoms with Gasteiger partial charge < -0.3 is 35.0 Å². The first-order valence-electron chi connectivity index (χ1n) is 17.5. The molecule has 0 spiro atoms. The van der Waals surface area contributed by atoms with Crippen molar-refractivity contribution in [3.8, 4) is 0 Å². The normalized spacial score (nSPS) is 23.3. The predicted molar refractivity (Wildman–Crippen MR) is 167 cm³/mol. The van der Waals surface area contributed by atoms with Gasteiger partial charge in [0.2, 0.25) is 0 Å². The molecule has 250 valence electrons. The van der Waals surface area contributed by atoms with Gasteiger partial charge in [-0.15, -0.1) is 0 Å². The zero-order chi connectivity index (χ0) is 30.8. The van der Waals surface area contributed by atoms with Gasteiger partial charge in [0.15, 0.2) is 6.29 Å². The van der Waals surface area contributed by atoms with Crippen molar-refractivity contribution in [1.29, 1.82) is 0 Å². The third kappa shape index (κ3) is 20.4. The summed E-state index contributed by atoms with van der Waals surface area (Å²) in [4.78, 5) is 12.1. The van der Waals surface area contributed by atoms with Crippen molar-refractivity contribution < 1.29 is 39.8 Å². The van der Waals surface area contributed by atoms with E-state index in [1.807, 2.05) is 6.92 Å². The van der Waals surface area contributed by atoms with E-state index in [0.29, 0.717) is 6.42 Å². The SMILES string of the molecule is C[C@@H](O)CCCCCCCCCCCCCCCCCCCCCCCC(=O)CCO[C@H]1O[C@H](CO)[C@@H](O)[C@H](O)[C@@H]1O. The lowest BCUT2D eigenvalue weighted by atomic mass is 9.99. The maximum Gasteiger partial charge on any atom is 0.186 e. The number of rotatable bonds is 29. The lowest BCUT2D eigenvalue weighted by Gasteiger charge is -2.39. The number of aliphatic hydroxyl groups is 5. The summed E-state index contributed by atoms with van der Waals surface area (Å²) in [6.45, 7) is 1.45. The number of carbonyl (C=O) groups is 1. The summed E-state index contributed by atoms with van der Waals surface area (Å²) in [5.41, 5.74) is 0. The molecule has 0 saturated carbocycles. The first-order chi connectivity index (χ1) is 20.4. The van der Waals surface area contributed by atoms with Crippen molar-refractivity contribution in [2.24, 2.45) is 0 Å². The number of carbonyl (C=O) groups excluding carboxylic acids is 1. The average Bonchev–Trinajstić information content (AvgIpc) is 2.97. The Hall–Kier alpha value is -0.610. The van der Waals surface area contributed by atoms with Crippen LogP contribution in [0.15, 0.2) is 0 Å². The molecular formula is C34H66O8. The zero-order valence-corrected chi connectivity index (χ0v) is 26.8. The van der Waals surface area contributed by atoms with Gasteiger partial charge >= 0.3 is 0 Å². The second kappa shape index (κ2) is 26.8. The number of hydrogen-bond donors (Lipinski definition) is 5. The Labute approximate surface area is 256 Å². The summed E-state index contributed by atoms with van der Waals surface area (Å²) in [5, 5.41) is 48.0. The molecule has 8 heteroatoms. The fourth-order valence-electron chi connectivity index (χ4n) is 5.74. The van der Waals surface area contributed by atoms with Crippen LogP contribution in [0.5, 0.6) is 0 Å². The maximum absolute atomic E-state index is 12.1. The molecule has 8 nitrogen and oxygen atoms in total. The van der Waals surface area contributed by atoms with Gasteiger partial charge in [-0.2, -0.15) is 0 Å². The fourth-order valence-corrected chi connectivity index (χ4v) is 5.74. The fraction of sp³-hybridized carbons (Fsp3) is 0.971. The lowest BCUT2D eigenvalue weighted by molar-refractivity contribution is -0.300. The second-order valence-electron chi connectivity index (χ2n) is 12.7. The Kier molecular flexibility index (Phi) is 25.1. The molecule has 0 aromatic heterocycles. The number of hydrogen-bond acceptors (Lipinski definition) is 8. The highest BCUT2D eigenvalue weighted by atomic mass is 16.7. The molecule has 1 heterocycles. The highest BCUT2D eigenvalue weighted by Crippen LogP contribution is 2.22. The van der Waals surface area contributed by atoms with Gasteiger partial charge in [0.05, 0.1) is 19.3 Å². The van der Waals surface area contributed by atoms with Crippen molar-refractivity contribution in [3.63, 3.8) is 0 Å². The highest BCUT2D eigenvalue weighted by molar-refractivity contribution is 5.78. The molecule has 1 aliphatic rings. The molecule has 1 saturated heterocycles. The molecule has 1 rings (SSSR count). The van der Waals surface area contributed by atoms with E-state index in [0.717, 1.165) is 19.3 Å². The first kappa shape index (κ1) is 39.4. The van der Waals surface area contributed by atoms with Gasteiger partial charge in [-0.05, 0) is 19.8 Å². The standard InChI is InChI=1S/C34H66O8/c1-28(36)23-21-19-17-15-13-11-9-7-5-3-2-4-6-8-10-12-14-16-18-20-22-24-29(37)25-26-41-34-33(40)32(39)31(38)30(27-35)42-34/h28,30-36,38-40H,2-27H2,1H3/t28-,30-,31-,32+,33+,34+/m1/s1. The Morgan fingerprint density at radius 1 is 0.619 bits per heavy atom. The van der Waals surface area contributed by atoms with Crippen molar-refractivity contribution in [1.82, 2.24) is 0 Å². The molecule has 0 aliphatic carbocycles. The van der Waals surface area contributed by atoms with Crippen LogP contribution in [0, 0.1) is 0 Å². The quantitative estimate of drug-likeness (QED) is 0.0647. The average molecular weight is 603 g/mol. The summed E-state index contributed by atoms with van der Waals surface area (Å²) in [6, 6.07) is 0. The molecule has 1 fully saturated rings. The molecule has 6 atom stereocenters. The molecule has 5 N–H and O–H groups in total.